The molecule has 1 aliphatic rings. The summed E-state index contributed by atoms with van der Waals surface area (Å²) in [7, 11) is 0. The van der Waals surface area contributed by atoms with Crippen LogP contribution >= 0.6 is 22.9 Å². The lowest BCUT2D eigenvalue weighted by molar-refractivity contribution is 0.0887. The number of nitrogens with one attached hydrogen (secondary N) is 1. The van der Waals surface area contributed by atoms with Crippen LogP contribution in [-0.4, -0.2) is 24.0 Å². The summed E-state index contributed by atoms with van der Waals surface area (Å²) < 4.78 is 0.874. The van der Waals surface area contributed by atoms with Gasteiger partial charge in [0, 0.05) is 30.6 Å². The smallest absolute Gasteiger partial charge is 0.0931 e. The number of halogens is 1. The van der Waals surface area contributed by atoms with E-state index in [9.17, 15) is 0 Å². The molecule has 1 N–H and O–H groups in total. The topological polar surface area (TPSA) is 15.3 Å². The number of hydrogen-bond donors (Lipinski definition) is 1. The lowest BCUT2D eigenvalue weighted by Gasteiger charge is -2.45. The average Bonchev–Trinajstić information content (AvgIpc) is 2.89. The normalized spacial score (nSPS) is 26.9. The molecule has 3 rings (SSSR count). The molecule has 0 radical (unpaired) electrons. The van der Waals surface area contributed by atoms with Crippen molar-refractivity contribution in [1.29, 1.82) is 0 Å². The highest BCUT2D eigenvalue weighted by molar-refractivity contribution is 7.16. The van der Waals surface area contributed by atoms with Crippen molar-refractivity contribution in [3.05, 3.63) is 57.2 Å². The van der Waals surface area contributed by atoms with Gasteiger partial charge in [0.1, 0.15) is 0 Å². The lowest BCUT2D eigenvalue weighted by atomic mass is 9.88. The first-order valence-corrected chi connectivity index (χ1v) is 8.55. The van der Waals surface area contributed by atoms with Crippen LogP contribution in [0, 0.1) is 0 Å². The monoisotopic (exact) mass is 320 g/mol. The third kappa shape index (κ3) is 3.32. The molecular formula is C17H21ClN2S. The van der Waals surface area contributed by atoms with Crippen molar-refractivity contribution >= 4 is 22.9 Å². The minimum Gasteiger partial charge on any atom is -0.305 e. The Hall–Kier alpha value is -0.870. The Morgan fingerprint density at radius 3 is 2.71 bits per heavy atom. The number of nitrogens with zero attached hydrogens (tertiary/aromatic N) is 1. The lowest BCUT2D eigenvalue weighted by Crippen LogP contribution is -2.59. The third-order valence-corrected chi connectivity index (χ3v) is 5.54. The van der Waals surface area contributed by atoms with Gasteiger partial charge < -0.3 is 5.32 Å². The molecule has 4 heteroatoms. The maximum absolute atomic E-state index is 6.05. The van der Waals surface area contributed by atoms with E-state index in [0.29, 0.717) is 6.04 Å². The van der Waals surface area contributed by atoms with E-state index in [4.69, 9.17) is 11.6 Å². The van der Waals surface area contributed by atoms with Gasteiger partial charge in [-0.2, -0.15) is 0 Å². The van der Waals surface area contributed by atoms with E-state index in [1.807, 2.05) is 6.07 Å². The molecule has 0 bridgehead atoms. The van der Waals surface area contributed by atoms with E-state index < -0.39 is 0 Å². The second-order valence-corrected chi connectivity index (χ2v) is 7.84. The van der Waals surface area contributed by atoms with Crippen molar-refractivity contribution in [3.63, 3.8) is 0 Å². The molecule has 1 fully saturated rings. The SMILES string of the molecule is CC1CNC(C)(c2ccccc2)CN1Cc1ccc(Cl)s1. The van der Waals surface area contributed by atoms with Crippen LogP contribution in [0.2, 0.25) is 4.34 Å². The zero-order chi connectivity index (χ0) is 14.9. The van der Waals surface area contributed by atoms with Gasteiger partial charge in [0.05, 0.1) is 9.88 Å². The predicted octanol–water partition coefficient (Wildman–Crippen LogP) is 4.11. The molecular weight excluding hydrogens is 300 g/mol. The Labute approximate surface area is 135 Å². The molecule has 0 amide bonds. The highest BCUT2D eigenvalue weighted by Crippen LogP contribution is 2.29. The molecule has 112 valence electrons. The summed E-state index contributed by atoms with van der Waals surface area (Å²) in [5.41, 5.74) is 1.36. The maximum Gasteiger partial charge on any atom is 0.0931 e. The molecule has 2 aromatic rings. The number of rotatable bonds is 3. The summed E-state index contributed by atoms with van der Waals surface area (Å²) in [5.74, 6) is 0. The number of hydrogen-bond acceptors (Lipinski definition) is 3. The van der Waals surface area contributed by atoms with Crippen LogP contribution in [0.5, 0.6) is 0 Å². The van der Waals surface area contributed by atoms with Crippen molar-refractivity contribution in [2.45, 2.75) is 32.0 Å². The van der Waals surface area contributed by atoms with Crippen LogP contribution in [0.4, 0.5) is 0 Å². The van der Waals surface area contributed by atoms with Gasteiger partial charge in [0.25, 0.3) is 0 Å². The summed E-state index contributed by atoms with van der Waals surface area (Å²) in [6.45, 7) is 7.57. The van der Waals surface area contributed by atoms with Crippen molar-refractivity contribution in [2.24, 2.45) is 0 Å². The van der Waals surface area contributed by atoms with Crippen LogP contribution in [0.25, 0.3) is 0 Å². The van der Waals surface area contributed by atoms with Crippen LogP contribution in [-0.2, 0) is 12.1 Å². The van der Waals surface area contributed by atoms with Crippen LogP contribution < -0.4 is 5.32 Å². The van der Waals surface area contributed by atoms with E-state index in [2.05, 4.69) is 60.5 Å². The van der Waals surface area contributed by atoms with Crippen molar-refractivity contribution < 1.29 is 0 Å². The Morgan fingerprint density at radius 2 is 2.05 bits per heavy atom. The van der Waals surface area contributed by atoms with Crippen molar-refractivity contribution in [2.75, 3.05) is 13.1 Å². The first-order valence-electron chi connectivity index (χ1n) is 7.36. The van der Waals surface area contributed by atoms with Gasteiger partial charge in [-0.3, -0.25) is 4.90 Å². The molecule has 2 nitrogen and oxygen atoms in total. The summed E-state index contributed by atoms with van der Waals surface area (Å²) in [5, 5.41) is 3.72. The minimum atomic E-state index is 0.00875. The fourth-order valence-electron chi connectivity index (χ4n) is 2.97. The molecule has 2 heterocycles. The zero-order valence-electron chi connectivity index (χ0n) is 12.5. The molecule has 1 aromatic carbocycles. The molecule has 0 aliphatic carbocycles. The van der Waals surface area contributed by atoms with Gasteiger partial charge in [-0.25, -0.2) is 0 Å². The van der Waals surface area contributed by atoms with Gasteiger partial charge in [0.15, 0.2) is 0 Å². The van der Waals surface area contributed by atoms with Crippen LogP contribution in [0.3, 0.4) is 0 Å². The van der Waals surface area contributed by atoms with Crippen molar-refractivity contribution in [1.82, 2.24) is 10.2 Å². The molecule has 21 heavy (non-hydrogen) atoms. The second-order valence-electron chi connectivity index (χ2n) is 6.04. The van der Waals surface area contributed by atoms with Gasteiger partial charge in [-0.15, -0.1) is 11.3 Å². The van der Waals surface area contributed by atoms with Gasteiger partial charge in [0.2, 0.25) is 0 Å². The fourth-order valence-corrected chi connectivity index (χ4v) is 4.08. The van der Waals surface area contributed by atoms with E-state index in [1.165, 1.54) is 10.4 Å². The van der Waals surface area contributed by atoms with Crippen LogP contribution in [0.1, 0.15) is 24.3 Å². The van der Waals surface area contributed by atoms with E-state index >= 15 is 0 Å². The minimum absolute atomic E-state index is 0.00875. The zero-order valence-corrected chi connectivity index (χ0v) is 14.0. The van der Waals surface area contributed by atoms with E-state index in [-0.39, 0.29) is 5.54 Å². The van der Waals surface area contributed by atoms with Gasteiger partial charge >= 0.3 is 0 Å². The first kappa shape index (κ1) is 15.0. The summed E-state index contributed by atoms with van der Waals surface area (Å²) >= 11 is 7.74. The molecule has 2 unspecified atom stereocenters. The molecule has 1 aromatic heterocycles. The quantitative estimate of drug-likeness (QED) is 0.915. The Balaban J connectivity index is 1.78. The standard InChI is InChI=1S/C17H21ClN2S/c1-13-10-19-17(2,14-6-4-3-5-7-14)12-20(13)11-15-8-9-16(18)21-15/h3-9,13,19H,10-12H2,1-2H3. The molecule has 1 aliphatic heterocycles. The first-order chi connectivity index (χ1) is 10.1. The predicted molar refractivity (Wildman–Crippen MR) is 91.0 cm³/mol. The highest BCUT2D eigenvalue weighted by Gasteiger charge is 2.35. The summed E-state index contributed by atoms with van der Waals surface area (Å²) in [6, 6.07) is 15.4. The maximum atomic E-state index is 6.05. The Bertz CT molecular complexity index is 598. The largest absolute Gasteiger partial charge is 0.305 e. The highest BCUT2D eigenvalue weighted by atomic mass is 35.5. The average molecular weight is 321 g/mol. The molecule has 0 saturated carbocycles. The Kier molecular flexibility index (Phi) is 4.36. The molecule has 1 saturated heterocycles. The van der Waals surface area contributed by atoms with Gasteiger partial charge in [-0.1, -0.05) is 41.9 Å². The summed E-state index contributed by atoms with van der Waals surface area (Å²) in [4.78, 5) is 3.88. The molecule has 0 spiro atoms. The summed E-state index contributed by atoms with van der Waals surface area (Å²) in [6.07, 6.45) is 0. The Morgan fingerprint density at radius 1 is 1.29 bits per heavy atom. The van der Waals surface area contributed by atoms with Crippen LogP contribution in [0.15, 0.2) is 42.5 Å². The fraction of sp³-hybridized carbons (Fsp3) is 0.412. The second kappa shape index (κ2) is 6.09. The van der Waals surface area contributed by atoms with Crippen molar-refractivity contribution in [3.8, 4) is 0 Å². The third-order valence-electron chi connectivity index (χ3n) is 4.33. The molecule has 2 atom stereocenters. The number of piperazine rings is 1. The van der Waals surface area contributed by atoms with E-state index in [1.54, 1.807) is 11.3 Å². The van der Waals surface area contributed by atoms with E-state index in [0.717, 1.165) is 24.0 Å². The van der Waals surface area contributed by atoms with Gasteiger partial charge in [-0.05, 0) is 31.5 Å². The number of thiophene rings is 1. The number of benzene rings is 1.